The molecule has 0 bridgehead atoms. The van der Waals surface area contributed by atoms with Gasteiger partial charge in [-0.3, -0.25) is 4.79 Å². The van der Waals surface area contributed by atoms with Crippen molar-refractivity contribution < 1.29 is 14.3 Å². The van der Waals surface area contributed by atoms with Gasteiger partial charge in [-0.2, -0.15) is 0 Å². The second-order valence-corrected chi connectivity index (χ2v) is 6.42. The Labute approximate surface area is 158 Å². The molecule has 2 rings (SSSR count). The molecule has 6 heteroatoms. The standard InChI is InChI=1S/C20H23ClN2O3/c1-4-26-20(25)15-7-5-14(6-8-15)11-12-22-19(24)17-10-9-16(21)13-18(17)23(2)3/h5-10,13H,4,11-12H2,1-3H3,(H,22,24). The number of hydrogen-bond donors (Lipinski definition) is 1. The molecular formula is C20H23ClN2O3. The number of nitrogens with one attached hydrogen (secondary N) is 1. The average molecular weight is 375 g/mol. The highest BCUT2D eigenvalue weighted by Crippen LogP contribution is 2.23. The first-order valence-electron chi connectivity index (χ1n) is 8.43. The number of carbonyl (C=O) groups excluding carboxylic acids is 2. The highest BCUT2D eigenvalue weighted by molar-refractivity contribution is 6.31. The lowest BCUT2D eigenvalue weighted by atomic mass is 10.1. The van der Waals surface area contributed by atoms with Crippen molar-refractivity contribution in [3.63, 3.8) is 0 Å². The first-order chi connectivity index (χ1) is 12.4. The molecule has 0 atom stereocenters. The van der Waals surface area contributed by atoms with E-state index in [2.05, 4.69) is 5.32 Å². The Morgan fingerprint density at radius 1 is 1.12 bits per heavy atom. The van der Waals surface area contributed by atoms with Gasteiger partial charge < -0.3 is 15.0 Å². The summed E-state index contributed by atoms with van der Waals surface area (Å²) in [5.41, 5.74) is 2.91. The van der Waals surface area contributed by atoms with Crippen molar-refractivity contribution in [1.82, 2.24) is 5.32 Å². The van der Waals surface area contributed by atoms with Crippen molar-refractivity contribution in [2.75, 3.05) is 32.1 Å². The summed E-state index contributed by atoms with van der Waals surface area (Å²) in [6.45, 7) is 2.62. The molecule has 0 unspecified atom stereocenters. The smallest absolute Gasteiger partial charge is 0.338 e. The molecule has 5 nitrogen and oxygen atoms in total. The van der Waals surface area contributed by atoms with Crippen LogP contribution in [-0.2, 0) is 11.2 Å². The molecule has 1 N–H and O–H groups in total. The number of carbonyl (C=O) groups is 2. The van der Waals surface area contributed by atoms with Gasteiger partial charge in [-0.05, 0) is 49.2 Å². The van der Waals surface area contributed by atoms with Gasteiger partial charge in [0.2, 0.25) is 0 Å². The van der Waals surface area contributed by atoms with Crippen molar-refractivity contribution in [3.8, 4) is 0 Å². The van der Waals surface area contributed by atoms with E-state index in [9.17, 15) is 9.59 Å². The van der Waals surface area contributed by atoms with E-state index in [1.54, 1.807) is 37.3 Å². The van der Waals surface area contributed by atoms with Gasteiger partial charge in [-0.15, -0.1) is 0 Å². The summed E-state index contributed by atoms with van der Waals surface area (Å²) in [6.07, 6.45) is 0.666. The number of benzene rings is 2. The van der Waals surface area contributed by atoms with Gasteiger partial charge in [-0.1, -0.05) is 23.7 Å². The normalized spacial score (nSPS) is 10.3. The fourth-order valence-corrected chi connectivity index (χ4v) is 2.67. The van der Waals surface area contributed by atoms with Gasteiger partial charge in [0.1, 0.15) is 0 Å². The molecule has 0 spiro atoms. The summed E-state index contributed by atoms with van der Waals surface area (Å²) >= 11 is 6.01. The van der Waals surface area contributed by atoms with Crippen LogP contribution in [0.15, 0.2) is 42.5 Å². The van der Waals surface area contributed by atoms with E-state index < -0.39 is 0 Å². The summed E-state index contributed by atoms with van der Waals surface area (Å²) in [4.78, 5) is 25.9. The minimum absolute atomic E-state index is 0.145. The van der Waals surface area contributed by atoms with Crippen molar-refractivity contribution in [2.45, 2.75) is 13.3 Å². The van der Waals surface area contributed by atoms with E-state index in [0.29, 0.717) is 35.7 Å². The molecule has 0 aliphatic rings. The van der Waals surface area contributed by atoms with Crippen LogP contribution in [-0.4, -0.2) is 39.1 Å². The molecule has 0 saturated carbocycles. The van der Waals surface area contributed by atoms with E-state index in [1.807, 2.05) is 31.1 Å². The molecule has 26 heavy (non-hydrogen) atoms. The third kappa shape index (κ3) is 5.23. The van der Waals surface area contributed by atoms with Crippen molar-refractivity contribution in [2.24, 2.45) is 0 Å². The van der Waals surface area contributed by atoms with E-state index in [0.717, 1.165) is 11.3 Å². The molecule has 0 aliphatic heterocycles. The van der Waals surface area contributed by atoms with Gasteiger partial charge in [0.15, 0.2) is 0 Å². The number of esters is 1. The summed E-state index contributed by atoms with van der Waals surface area (Å²) in [7, 11) is 3.74. The predicted molar refractivity (Wildman–Crippen MR) is 104 cm³/mol. The molecule has 2 aromatic carbocycles. The SMILES string of the molecule is CCOC(=O)c1ccc(CCNC(=O)c2ccc(Cl)cc2N(C)C)cc1. The molecule has 0 heterocycles. The van der Waals surface area contributed by atoms with Gasteiger partial charge >= 0.3 is 5.97 Å². The Balaban J connectivity index is 1.94. The maximum atomic E-state index is 12.4. The van der Waals surface area contributed by atoms with E-state index in [4.69, 9.17) is 16.3 Å². The van der Waals surface area contributed by atoms with E-state index in [-0.39, 0.29) is 11.9 Å². The largest absolute Gasteiger partial charge is 0.462 e. The second-order valence-electron chi connectivity index (χ2n) is 5.98. The monoisotopic (exact) mass is 374 g/mol. The molecule has 0 saturated heterocycles. The molecule has 138 valence electrons. The van der Waals surface area contributed by atoms with Crippen molar-refractivity contribution in [1.29, 1.82) is 0 Å². The summed E-state index contributed by atoms with van der Waals surface area (Å²) in [5.74, 6) is -0.472. The number of hydrogen-bond acceptors (Lipinski definition) is 4. The lowest BCUT2D eigenvalue weighted by molar-refractivity contribution is 0.0526. The zero-order chi connectivity index (χ0) is 19.1. The molecule has 0 aliphatic carbocycles. The third-order valence-corrected chi connectivity index (χ3v) is 4.09. The van der Waals surface area contributed by atoms with Crippen LogP contribution in [0.2, 0.25) is 5.02 Å². The molecule has 0 aromatic heterocycles. The van der Waals surface area contributed by atoms with Crippen molar-refractivity contribution in [3.05, 3.63) is 64.2 Å². The molecule has 1 amide bonds. The average Bonchev–Trinajstić information content (AvgIpc) is 2.62. The number of halogens is 1. The number of rotatable bonds is 7. The van der Waals surface area contributed by atoms with Gasteiger partial charge in [-0.25, -0.2) is 4.79 Å². The minimum atomic E-state index is -0.327. The van der Waals surface area contributed by atoms with Crippen molar-refractivity contribution >= 4 is 29.2 Å². The van der Waals surface area contributed by atoms with Gasteiger partial charge in [0, 0.05) is 25.7 Å². The van der Waals surface area contributed by atoms with E-state index in [1.165, 1.54) is 0 Å². The topological polar surface area (TPSA) is 58.6 Å². The zero-order valence-corrected chi connectivity index (χ0v) is 16.0. The van der Waals surface area contributed by atoms with Crippen LogP contribution < -0.4 is 10.2 Å². The maximum absolute atomic E-state index is 12.4. The van der Waals surface area contributed by atoms with Crippen LogP contribution in [0.3, 0.4) is 0 Å². The zero-order valence-electron chi connectivity index (χ0n) is 15.2. The quantitative estimate of drug-likeness (QED) is 0.753. The number of amides is 1. The van der Waals surface area contributed by atoms with Crippen LogP contribution in [0, 0.1) is 0 Å². The van der Waals surface area contributed by atoms with Crippen LogP contribution in [0.25, 0.3) is 0 Å². The van der Waals surface area contributed by atoms with Gasteiger partial charge in [0.05, 0.1) is 23.4 Å². The lowest BCUT2D eigenvalue weighted by Gasteiger charge is -2.17. The highest BCUT2D eigenvalue weighted by Gasteiger charge is 2.13. The van der Waals surface area contributed by atoms with E-state index >= 15 is 0 Å². The molecule has 2 aromatic rings. The Morgan fingerprint density at radius 3 is 2.42 bits per heavy atom. The Hall–Kier alpha value is -2.53. The first-order valence-corrected chi connectivity index (χ1v) is 8.81. The predicted octanol–water partition coefficient (Wildman–Crippen LogP) is 3.56. The fraction of sp³-hybridized carbons (Fsp3) is 0.300. The Bertz CT molecular complexity index is 773. The minimum Gasteiger partial charge on any atom is -0.462 e. The van der Waals surface area contributed by atoms with Gasteiger partial charge in [0.25, 0.3) is 5.91 Å². The lowest BCUT2D eigenvalue weighted by Crippen LogP contribution is -2.27. The highest BCUT2D eigenvalue weighted by atomic mass is 35.5. The number of nitrogens with zero attached hydrogens (tertiary/aromatic N) is 1. The fourth-order valence-electron chi connectivity index (χ4n) is 2.50. The van der Waals surface area contributed by atoms with Crippen LogP contribution in [0.1, 0.15) is 33.2 Å². The Kier molecular flexibility index (Phi) is 7.04. The second kappa shape index (κ2) is 9.25. The maximum Gasteiger partial charge on any atom is 0.338 e. The van der Waals surface area contributed by atoms with Crippen LogP contribution in [0.5, 0.6) is 0 Å². The number of anilines is 1. The molecule has 0 fully saturated rings. The molecular weight excluding hydrogens is 352 g/mol. The molecule has 0 radical (unpaired) electrons. The van der Waals surface area contributed by atoms with Crippen LogP contribution in [0.4, 0.5) is 5.69 Å². The Morgan fingerprint density at radius 2 is 1.81 bits per heavy atom. The third-order valence-electron chi connectivity index (χ3n) is 3.85. The number of ether oxygens (including phenoxy) is 1. The summed E-state index contributed by atoms with van der Waals surface area (Å²) in [6, 6.07) is 12.4. The summed E-state index contributed by atoms with van der Waals surface area (Å²) < 4.78 is 4.96. The summed E-state index contributed by atoms with van der Waals surface area (Å²) in [5, 5.41) is 3.51. The van der Waals surface area contributed by atoms with Crippen LogP contribution >= 0.6 is 11.6 Å². The first kappa shape index (κ1) is 19.8.